The van der Waals surface area contributed by atoms with E-state index in [1.165, 1.54) is 16.7 Å². The predicted molar refractivity (Wildman–Crippen MR) is 79.8 cm³/mol. The maximum absolute atomic E-state index is 5.85. The van der Waals surface area contributed by atoms with E-state index in [-0.39, 0.29) is 0 Å². The average molecular weight is 255 g/mol. The Morgan fingerprint density at radius 1 is 0.947 bits per heavy atom. The van der Waals surface area contributed by atoms with E-state index >= 15 is 0 Å². The van der Waals surface area contributed by atoms with Gasteiger partial charge in [0.1, 0.15) is 11.5 Å². The molecule has 0 aromatic heterocycles. The first-order valence-corrected chi connectivity index (χ1v) is 6.74. The van der Waals surface area contributed by atoms with Gasteiger partial charge in [0.2, 0.25) is 0 Å². The maximum Gasteiger partial charge on any atom is 0.127 e. The lowest BCUT2D eigenvalue weighted by Gasteiger charge is -2.10. The van der Waals surface area contributed by atoms with E-state index in [2.05, 4.69) is 50.4 Å². The second-order valence-corrected chi connectivity index (χ2v) is 4.78. The van der Waals surface area contributed by atoms with Gasteiger partial charge in [-0.3, -0.25) is 0 Å². The van der Waals surface area contributed by atoms with Crippen molar-refractivity contribution in [1.29, 1.82) is 0 Å². The van der Waals surface area contributed by atoms with E-state index in [4.69, 9.17) is 4.74 Å². The van der Waals surface area contributed by atoms with Gasteiger partial charge >= 0.3 is 0 Å². The fourth-order valence-electron chi connectivity index (χ4n) is 1.93. The predicted octanol–water partition coefficient (Wildman–Crippen LogP) is 4.21. The number of aryl methyl sites for hydroxylation is 2. The minimum Gasteiger partial charge on any atom is -0.457 e. The molecule has 0 unspecified atom stereocenters. The van der Waals surface area contributed by atoms with Crippen LogP contribution in [0.15, 0.2) is 42.5 Å². The third kappa shape index (κ3) is 3.83. The highest BCUT2D eigenvalue weighted by atomic mass is 16.5. The third-order valence-corrected chi connectivity index (χ3v) is 3.14. The lowest BCUT2D eigenvalue weighted by Crippen LogP contribution is -2.12. The van der Waals surface area contributed by atoms with E-state index in [0.29, 0.717) is 0 Å². The molecule has 0 saturated heterocycles. The van der Waals surface area contributed by atoms with E-state index in [9.17, 15) is 0 Å². The van der Waals surface area contributed by atoms with Gasteiger partial charge < -0.3 is 10.1 Å². The number of ether oxygens (including phenoxy) is 1. The molecule has 0 aliphatic heterocycles. The van der Waals surface area contributed by atoms with Crippen LogP contribution in [-0.4, -0.2) is 6.54 Å². The number of hydrogen-bond acceptors (Lipinski definition) is 2. The fraction of sp³-hybridized carbons (Fsp3) is 0.294. The zero-order chi connectivity index (χ0) is 13.7. The molecule has 0 aliphatic carbocycles. The Morgan fingerprint density at radius 2 is 1.63 bits per heavy atom. The summed E-state index contributed by atoms with van der Waals surface area (Å²) in [7, 11) is 0. The Labute approximate surface area is 115 Å². The van der Waals surface area contributed by atoms with Gasteiger partial charge in [0.05, 0.1) is 0 Å². The zero-order valence-electron chi connectivity index (χ0n) is 11.9. The van der Waals surface area contributed by atoms with E-state index in [1.807, 2.05) is 18.2 Å². The maximum atomic E-state index is 5.85. The van der Waals surface area contributed by atoms with Crippen molar-refractivity contribution in [1.82, 2.24) is 5.32 Å². The summed E-state index contributed by atoms with van der Waals surface area (Å²) in [6.45, 7) is 8.20. The van der Waals surface area contributed by atoms with Gasteiger partial charge in [-0.15, -0.1) is 0 Å². The number of rotatable bonds is 5. The van der Waals surface area contributed by atoms with Gasteiger partial charge in [0.25, 0.3) is 0 Å². The van der Waals surface area contributed by atoms with Crippen molar-refractivity contribution in [2.75, 3.05) is 6.54 Å². The smallest absolute Gasteiger partial charge is 0.127 e. The molecule has 0 aliphatic rings. The molecule has 2 aromatic rings. The van der Waals surface area contributed by atoms with Gasteiger partial charge in [-0.1, -0.05) is 30.7 Å². The Kier molecular flexibility index (Phi) is 4.58. The zero-order valence-corrected chi connectivity index (χ0v) is 11.9. The molecule has 2 aromatic carbocycles. The van der Waals surface area contributed by atoms with Crippen molar-refractivity contribution in [2.24, 2.45) is 0 Å². The first-order chi connectivity index (χ1) is 9.19. The summed E-state index contributed by atoms with van der Waals surface area (Å²) >= 11 is 0. The van der Waals surface area contributed by atoms with Gasteiger partial charge in [-0.2, -0.15) is 0 Å². The molecule has 2 heteroatoms. The first-order valence-electron chi connectivity index (χ1n) is 6.74. The Bertz CT molecular complexity index is 531. The van der Waals surface area contributed by atoms with Crippen LogP contribution in [0.5, 0.6) is 11.5 Å². The molecule has 0 atom stereocenters. The fourth-order valence-corrected chi connectivity index (χ4v) is 1.93. The van der Waals surface area contributed by atoms with Crippen LogP contribution in [0.1, 0.15) is 23.6 Å². The monoisotopic (exact) mass is 255 g/mol. The molecule has 0 fully saturated rings. The Hall–Kier alpha value is -1.80. The Morgan fingerprint density at radius 3 is 2.26 bits per heavy atom. The lowest BCUT2D eigenvalue weighted by atomic mass is 10.1. The normalized spacial score (nSPS) is 10.5. The van der Waals surface area contributed by atoms with Crippen molar-refractivity contribution < 1.29 is 4.74 Å². The summed E-state index contributed by atoms with van der Waals surface area (Å²) < 4.78 is 5.85. The van der Waals surface area contributed by atoms with Crippen LogP contribution in [0.3, 0.4) is 0 Å². The Balaban J connectivity index is 2.09. The summed E-state index contributed by atoms with van der Waals surface area (Å²) in [5.41, 5.74) is 3.81. The number of nitrogens with one attached hydrogen (secondary N) is 1. The topological polar surface area (TPSA) is 21.3 Å². The van der Waals surface area contributed by atoms with Crippen LogP contribution in [0, 0.1) is 13.8 Å². The van der Waals surface area contributed by atoms with E-state index in [1.54, 1.807) is 0 Å². The molecule has 19 heavy (non-hydrogen) atoms. The molecule has 2 rings (SSSR count). The standard InChI is InChI=1S/C17H21NO/c1-4-18-12-15-7-10-17(11-14(15)3)19-16-8-5-13(2)6-9-16/h5-11,18H,4,12H2,1-3H3. The second kappa shape index (κ2) is 6.39. The molecule has 1 N–H and O–H groups in total. The van der Waals surface area contributed by atoms with Crippen LogP contribution in [0.25, 0.3) is 0 Å². The highest BCUT2D eigenvalue weighted by molar-refractivity contribution is 5.38. The minimum absolute atomic E-state index is 0.879. The largest absolute Gasteiger partial charge is 0.457 e. The van der Waals surface area contributed by atoms with Crippen LogP contribution in [0.4, 0.5) is 0 Å². The van der Waals surface area contributed by atoms with Crippen LogP contribution < -0.4 is 10.1 Å². The van der Waals surface area contributed by atoms with Crippen molar-refractivity contribution in [3.63, 3.8) is 0 Å². The second-order valence-electron chi connectivity index (χ2n) is 4.78. The number of hydrogen-bond donors (Lipinski definition) is 1. The number of benzene rings is 2. The molecule has 2 nitrogen and oxygen atoms in total. The van der Waals surface area contributed by atoms with Gasteiger partial charge in [-0.05, 0) is 55.8 Å². The molecule has 0 heterocycles. The van der Waals surface area contributed by atoms with Crippen molar-refractivity contribution in [3.8, 4) is 11.5 Å². The van der Waals surface area contributed by atoms with Crippen molar-refractivity contribution >= 4 is 0 Å². The molecule has 0 bridgehead atoms. The van der Waals surface area contributed by atoms with Gasteiger partial charge in [-0.25, -0.2) is 0 Å². The van der Waals surface area contributed by atoms with Crippen LogP contribution >= 0.6 is 0 Å². The highest BCUT2D eigenvalue weighted by Crippen LogP contribution is 2.24. The molecule has 0 saturated carbocycles. The summed E-state index contributed by atoms with van der Waals surface area (Å²) in [6.07, 6.45) is 0. The summed E-state index contributed by atoms with van der Waals surface area (Å²) in [5.74, 6) is 1.77. The highest BCUT2D eigenvalue weighted by Gasteiger charge is 2.02. The van der Waals surface area contributed by atoms with Gasteiger partial charge in [0, 0.05) is 6.54 Å². The van der Waals surface area contributed by atoms with Crippen molar-refractivity contribution in [2.45, 2.75) is 27.3 Å². The molecule has 100 valence electrons. The third-order valence-electron chi connectivity index (χ3n) is 3.14. The van der Waals surface area contributed by atoms with Crippen molar-refractivity contribution in [3.05, 3.63) is 59.2 Å². The lowest BCUT2D eigenvalue weighted by molar-refractivity contribution is 0.481. The molecular weight excluding hydrogens is 234 g/mol. The molecule has 0 amide bonds. The first kappa shape index (κ1) is 13.6. The SMILES string of the molecule is CCNCc1ccc(Oc2ccc(C)cc2)cc1C. The molecule has 0 radical (unpaired) electrons. The van der Waals surface area contributed by atoms with E-state index < -0.39 is 0 Å². The van der Waals surface area contributed by atoms with E-state index in [0.717, 1.165) is 24.6 Å². The quantitative estimate of drug-likeness (QED) is 0.864. The summed E-state index contributed by atoms with van der Waals surface area (Å²) in [6, 6.07) is 14.4. The van der Waals surface area contributed by atoms with Crippen LogP contribution in [0.2, 0.25) is 0 Å². The minimum atomic E-state index is 0.879. The molecule has 0 spiro atoms. The summed E-state index contributed by atoms with van der Waals surface area (Å²) in [5, 5.41) is 3.34. The molecular formula is C17H21NO. The van der Waals surface area contributed by atoms with Crippen LogP contribution in [-0.2, 0) is 6.54 Å². The van der Waals surface area contributed by atoms with Gasteiger partial charge in [0.15, 0.2) is 0 Å². The summed E-state index contributed by atoms with van der Waals surface area (Å²) in [4.78, 5) is 0. The average Bonchev–Trinajstić information content (AvgIpc) is 2.41.